The van der Waals surface area contributed by atoms with Crippen LogP contribution < -0.4 is 15.5 Å². The standard InChI is InChI=1S/C25H26N8O3/c1-32(2)25(35)29-19-11-17(13-26-14-19)16-3-5-21-20(12-16)23(31-30-21)24(34)28-18-4-6-22(27-15-18)33-7-9-36-10-8-33/h3-6,11-15H,7-10H2,1-2H3,(H,28,34)(H,29,35)(H,30,31). The second-order valence-corrected chi connectivity index (χ2v) is 8.58. The summed E-state index contributed by atoms with van der Waals surface area (Å²) < 4.78 is 5.38. The summed E-state index contributed by atoms with van der Waals surface area (Å²) in [6.45, 7) is 2.94. The molecular formula is C25H26N8O3. The molecule has 0 saturated carbocycles. The van der Waals surface area contributed by atoms with Crippen molar-refractivity contribution in [3.8, 4) is 11.1 Å². The minimum atomic E-state index is -0.343. The van der Waals surface area contributed by atoms with Gasteiger partial charge in [-0.2, -0.15) is 5.10 Å². The Morgan fingerprint density at radius 1 is 0.972 bits per heavy atom. The molecule has 184 valence electrons. The van der Waals surface area contributed by atoms with Gasteiger partial charge in [-0.1, -0.05) is 6.07 Å². The maximum absolute atomic E-state index is 13.0. The summed E-state index contributed by atoms with van der Waals surface area (Å²) in [6, 6.07) is 10.9. The summed E-state index contributed by atoms with van der Waals surface area (Å²) in [6.07, 6.45) is 4.93. The fourth-order valence-electron chi connectivity index (χ4n) is 3.90. The molecule has 3 aromatic heterocycles. The number of pyridine rings is 2. The van der Waals surface area contributed by atoms with Crippen molar-refractivity contribution in [1.82, 2.24) is 25.1 Å². The van der Waals surface area contributed by atoms with Crippen LogP contribution in [0.25, 0.3) is 22.0 Å². The predicted octanol–water partition coefficient (Wildman–Crippen LogP) is 3.20. The van der Waals surface area contributed by atoms with Crippen LogP contribution in [0.4, 0.5) is 22.0 Å². The van der Waals surface area contributed by atoms with Gasteiger partial charge in [-0.15, -0.1) is 0 Å². The number of benzene rings is 1. The van der Waals surface area contributed by atoms with E-state index in [1.165, 1.54) is 4.90 Å². The number of amides is 3. The van der Waals surface area contributed by atoms with Crippen molar-refractivity contribution < 1.29 is 14.3 Å². The SMILES string of the molecule is CN(C)C(=O)Nc1cncc(-c2ccc3[nH]nc(C(=O)Nc4ccc(N5CCOCC5)nc4)c3c2)c1. The van der Waals surface area contributed by atoms with E-state index >= 15 is 0 Å². The number of aromatic amines is 1. The Morgan fingerprint density at radius 3 is 2.56 bits per heavy atom. The summed E-state index contributed by atoms with van der Waals surface area (Å²) >= 11 is 0. The Bertz CT molecular complexity index is 1390. The molecule has 0 radical (unpaired) electrons. The number of morpholine rings is 1. The molecule has 3 N–H and O–H groups in total. The predicted molar refractivity (Wildman–Crippen MR) is 137 cm³/mol. The number of anilines is 3. The first-order valence-electron chi connectivity index (χ1n) is 11.5. The third-order valence-corrected chi connectivity index (χ3v) is 5.85. The molecule has 4 aromatic rings. The lowest BCUT2D eigenvalue weighted by Gasteiger charge is -2.27. The van der Waals surface area contributed by atoms with Crippen molar-refractivity contribution in [2.45, 2.75) is 0 Å². The third-order valence-electron chi connectivity index (χ3n) is 5.85. The van der Waals surface area contributed by atoms with Gasteiger partial charge >= 0.3 is 6.03 Å². The van der Waals surface area contributed by atoms with Gasteiger partial charge < -0.3 is 25.2 Å². The molecule has 11 heteroatoms. The number of aromatic nitrogens is 4. The summed E-state index contributed by atoms with van der Waals surface area (Å²) in [5.41, 5.74) is 3.79. The van der Waals surface area contributed by atoms with Crippen molar-refractivity contribution in [3.05, 3.63) is 60.7 Å². The molecule has 4 heterocycles. The molecule has 5 rings (SSSR count). The lowest BCUT2D eigenvalue weighted by atomic mass is 10.0. The Kier molecular flexibility index (Phi) is 6.46. The second kappa shape index (κ2) is 10.0. The highest BCUT2D eigenvalue weighted by Crippen LogP contribution is 2.27. The van der Waals surface area contributed by atoms with Gasteiger partial charge in [-0.05, 0) is 35.9 Å². The molecule has 1 aromatic carbocycles. The molecule has 0 unspecified atom stereocenters. The third kappa shape index (κ3) is 4.96. The zero-order chi connectivity index (χ0) is 25.1. The number of hydrogen-bond donors (Lipinski definition) is 3. The molecule has 1 fully saturated rings. The molecule has 0 atom stereocenters. The van der Waals surface area contributed by atoms with E-state index in [2.05, 4.69) is 35.7 Å². The van der Waals surface area contributed by atoms with Crippen molar-refractivity contribution in [1.29, 1.82) is 0 Å². The van der Waals surface area contributed by atoms with Gasteiger partial charge in [0, 0.05) is 44.3 Å². The van der Waals surface area contributed by atoms with Gasteiger partial charge in [0.2, 0.25) is 0 Å². The number of rotatable bonds is 5. The van der Waals surface area contributed by atoms with Gasteiger partial charge in [0.15, 0.2) is 5.69 Å². The van der Waals surface area contributed by atoms with E-state index in [1.807, 2.05) is 36.4 Å². The molecule has 1 aliphatic heterocycles. The maximum Gasteiger partial charge on any atom is 0.321 e. The molecule has 0 bridgehead atoms. The molecule has 11 nitrogen and oxygen atoms in total. The van der Waals surface area contributed by atoms with Gasteiger partial charge in [0.25, 0.3) is 5.91 Å². The largest absolute Gasteiger partial charge is 0.378 e. The summed E-state index contributed by atoms with van der Waals surface area (Å²) in [5, 5.41) is 13.5. The van der Waals surface area contributed by atoms with Crippen LogP contribution in [0.1, 0.15) is 10.5 Å². The molecule has 0 spiro atoms. The van der Waals surface area contributed by atoms with E-state index in [0.29, 0.717) is 30.0 Å². The number of nitrogens with zero attached hydrogens (tertiary/aromatic N) is 5. The van der Waals surface area contributed by atoms with Crippen LogP contribution >= 0.6 is 0 Å². The number of H-pyrrole nitrogens is 1. The molecule has 1 saturated heterocycles. The van der Waals surface area contributed by atoms with Crippen LogP contribution in [0.2, 0.25) is 0 Å². The molecule has 3 amide bonds. The van der Waals surface area contributed by atoms with Gasteiger partial charge in [0.1, 0.15) is 5.82 Å². The topological polar surface area (TPSA) is 128 Å². The number of urea groups is 1. The van der Waals surface area contributed by atoms with Crippen LogP contribution in [-0.4, -0.2) is 77.4 Å². The van der Waals surface area contributed by atoms with Crippen LogP contribution in [0.5, 0.6) is 0 Å². The number of nitrogens with one attached hydrogen (secondary N) is 3. The highest BCUT2D eigenvalue weighted by Gasteiger charge is 2.17. The van der Waals surface area contributed by atoms with Crippen molar-refractivity contribution in [2.75, 3.05) is 55.9 Å². The van der Waals surface area contributed by atoms with Crippen LogP contribution in [0, 0.1) is 0 Å². The van der Waals surface area contributed by atoms with E-state index in [9.17, 15) is 9.59 Å². The first-order chi connectivity index (χ1) is 17.5. The maximum atomic E-state index is 13.0. The second-order valence-electron chi connectivity index (χ2n) is 8.58. The smallest absolute Gasteiger partial charge is 0.321 e. The van der Waals surface area contributed by atoms with Crippen molar-refractivity contribution in [2.24, 2.45) is 0 Å². The van der Waals surface area contributed by atoms with Gasteiger partial charge in [0.05, 0.1) is 42.5 Å². The van der Waals surface area contributed by atoms with E-state index in [0.717, 1.165) is 35.6 Å². The van der Waals surface area contributed by atoms with E-state index in [4.69, 9.17) is 4.74 Å². The van der Waals surface area contributed by atoms with Crippen LogP contribution in [0.15, 0.2) is 55.0 Å². The first-order valence-corrected chi connectivity index (χ1v) is 11.5. The summed E-state index contributed by atoms with van der Waals surface area (Å²) in [4.78, 5) is 37.4. The number of fused-ring (bicyclic) bond motifs is 1. The fraction of sp³-hybridized carbons (Fsp3) is 0.240. The van der Waals surface area contributed by atoms with Gasteiger partial charge in [-0.3, -0.25) is 14.9 Å². The first kappa shape index (κ1) is 23.2. The quantitative estimate of drug-likeness (QED) is 0.395. The number of carbonyl (C=O) groups excluding carboxylic acids is 2. The molecule has 0 aliphatic carbocycles. The summed E-state index contributed by atoms with van der Waals surface area (Å²) in [5.74, 6) is 0.508. The number of carbonyl (C=O) groups is 2. The Morgan fingerprint density at radius 2 is 1.81 bits per heavy atom. The Labute approximate surface area is 207 Å². The number of hydrogen-bond acceptors (Lipinski definition) is 7. The fourth-order valence-corrected chi connectivity index (χ4v) is 3.90. The Balaban J connectivity index is 1.35. The van der Waals surface area contributed by atoms with E-state index < -0.39 is 0 Å². The van der Waals surface area contributed by atoms with Crippen molar-refractivity contribution >= 4 is 40.0 Å². The number of ether oxygens (including phenoxy) is 1. The van der Waals surface area contributed by atoms with E-state index in [1.54, 1.807) is 32.7 Å². The summed E-state index contributed by atoms with van der Waals surface area (Å²) in [7, 11) is 3.33. The minimum absolute atomic E-state index is 0.245. The lowest BCUT2D eigenvalue weighted by Crippen LogP contribution is -2.36. The molecule has 36 heavy (non-hydrogen) atoms. The van der Waals surface area contributed by atoms with Crippen LogP contribution in [0.3, 0.4) is 0 Å². The lowest BCUT2D eigenvalue weighted by molar-refractivity contribution is 0.102. The van der Waals surface area contributed by atoms with Crippen LogP contribution in [-0.2, 0) is 4.74 Å². The normalized spacial score (nSPS) is 13.4. The van der Waals surface area contributed by atoms with Crippen molar-refractivity contribution in [3.63, 3.8) is 0 Å². The zero-order valence-corrected chi connectivity index (χ0v) is 20.0. The highest BCUT2D eigenvalue weighted by molar-refractivity contribution is 6.11. The molecular weight excluding hydrogens is 460 g/mol. The molecule has 1 aliphatic rings. The van der Waals surface area contributed by atoms with E-state index in [-0.39, 0.29) is 17.6 Å². The average Bonchev–Trinajstić information content (AvgIpc) is 3.33. The average molecular weight is 487 g/mol. The zero-order valence-electron chi connectivity index (χ0n) is 20.0. The van der Waals surface area contributed by atoms with Gasteiger partial charge in [-0.25, -0.2) is 9.78 Å². The Hall–Kier alpha value is -4.51. The highest BCUT2D eigenvalue weighted by atomic mass is 16.5. The minimum Gasteiger partial charge on any atom is -0.378 e. The monoisotopic (exact) mass is 486 g/mol.